The van der Waals surface area contributed by atoms with Gasteiger partial charge in [0.1, 0.15) is 6.04 Å². The fourth-order valence-corrected chi connectivity index (χ4v) is 2.35. The van der Waals surface area contributed by atoms with Crippen LogP contribution in [0.1, 0.15) is 12.0 Å². The smallest absolute Gasteiger partial charge is 0.320 e. The Morgan fingerprint density at radius 3 is 2.94 bits per heavy atom. The minimum Gasteiger partial charge on any atom is -0.494 e. The second-order valence-electron chi connectivity index (χ2n) is 3.72. The lowest BCUT2D eigenvalue weighted by atomic mass is 10.2. The van der Waals surface area contributed by atoms with Crippen LogP contribution in [0.2, 0.25) is 0 Å². The number of carboxylic acid groups (broad SMARTS) is 1. The first-order chi connectivity index (χ1) is 8.56. The summed E-state index contributed by atoms with van der Waals surface area (Å²) in [6, 6.07) is 4.11. The third-order valence-corrected chi connectivity index (χ3v) is 3.45. The Balaban J connectivity index is 2.42. The molecule has 1 unspecified atom stereocenters. The van der Waals surface area contributed by atoms with Crippen molar-refractivity contribution in [2.45, 2.75) is 18.2 Å². The molecule has 0 saturated carbocycles. The summed E-state index contributed by atoms with van der Waals surface area (Å²) < 4.78 is 18.6. The van der Waals surface area contributed by atoms with Crippen LogP contribution in [0.5, 0.6) is 5.75 Å². The summed E-state index contributed by atoms with van der Waals surface area (Å²) in [5.41, 5.74) is 5.91. The van der Waals surface area contributed by atoms with Gasteiger partial charge in [0.05, 0.1) is 7.11 Å². The number of halogens is 1. The van der Waals surface area contributed by atoms with Gasteiger partial charge in [-0.2, -0.15) is 11.8 Å². The fourth-order valence-electron chi connectivity index (χ4n) is 1.34. The monoisotopic (exact) mass is 273 g/mol. The first kappa shape index (κ1) is 14.8. The van der Waals surface area contributed by atoms with Crippen LogP contribution in [0, 0.1) is 5.82 Å². The molecular weight excluding hydrogens is 257 g/mol. The minimum atomic E-state index is -1.01. The molecule has 0 aliphatic rings. The minimum absolute atomic E-state index is 0.218. The second-order valence-corrected chi connectivity index (χ2v) is 4.82. The lowest BCUT2D eigenvalue weighted by Crippen LogP contribution is -2.30. The van der Waals surface area contributed by atoms with E-state index < -0.39 is 12.0 Å². The number of hydrogen-bond donors (Lipinski definition) is 2. The van der Waals surface area contributed by atoms with Gasteiger partial charge in [-0.15, -0.1) is 0 Å². The highest BCUT2D eigenvalue weighted by Gasteiger charge is 2.11. The summed E-state index contributed by atoms with van der Waals surface area (Å²) in [7, 11) is 1.42. The molecule has 100 valence electrons. The van der Waals surface area contributed by atoms with E-state index in [9.17, 15) is 9.18 Å². The van der Waals surface area contributed by atoms with Gasteiger partial charge in [0.15, 0.2) is 11.6 Å². The third kappa shape index (κ3) is 4.19. The molecule has 0 radical (unpaired) electrons. The van der Waals surface area contributed by atoms with E-state index in [0.717, 1.165) is 0 Å². The van der Waals surface area contributed by atoms with Crippen molar-refractivity contribution in [3.63, 3.8) is 0 Å². The molecule has 1 aromatic rings. The number of ether oxygens (including phenoxy) is 1. The molecule has 1 atom stereocenters. The van der Waals surface area contributed by atoms with Crippen molar-refractivity contribution < 1.29 is 19.0 Å². The number of methoxy groups -OCH3 is 1. The van der Waals surface area contributed by atoms with E-state index in [4.69, 9.17) is 15.6 Å². The Labute approximate surface area is 109 Å². The molecule has 6 heteroatoms. The van der Waals surface area contributed by atoms with Crippen LogP contribution >= 0.6 is 11.8 Å². The molecule has 0 aliphatic carbocycles. The van der Waals surface area contributed by atoms with Crippen molar-refractivity contribution in [2.24, 2.45) is 5.73 Å². The van der Waals surface area contributed by atoms with Gasteiger partial charge in [-0.3, -0.25) is 4.79 Å². The van der Waals surface area contributed by atoms with Crippen molar-refractivity contribution in [3.05, 3.63) is 29.6 Å². The molecule has 0 amide bonds. The van der Waals surface area contributed by atoms with Gasteiger partial charge in [0.25, 0.3) is 0 Å². The number of carboxylic acids is 1. The molecule has 0 saturated heterocycles. The summed E-state index contributed by atoms with van der Waals surface area (Å²) in [5, 5.41) is 8.60. The highest BCUT2D eigenvalue weighted by molar-refractivity contribution is 7.98. The topological polar surface area (TPSA) is 72.5 Å². The van der Waals surface area contributed by atoms with Gasteiger partial charge in [-0.25, -0.2) is 4.39 Å². The SMILES string of the molecule is COc1cccc(CSCCC(N)C(=O)O)c1F. The van der Waals surface area contributed by atoms with E-state index in [1.807, 2.05) is 0 Å². The van der Waals surface area contributed by atoms with Gasteiger partial charge < -0.3 is 15.6 Å². The Morgan fingerprint density at radius 1 is 1.61 bits per heavy atom. The largest absolute Gasteiger partial charge is 0.494 e. The third-order valence-electron chi connectivity index (χ3n) is 2.41. The van der Waals surface area contributed by atoms with E-state index in [2.05, 4.69) is 0 Å². The maximum absolute atomic E-state index is 13.7. The van der Waals surface area contributed by atoms with Crippen molar-refractivity contribution >= 4 is 17.7 Å². The number of hydrogen-bond acceptors (Lipinski definition) is 4. The van der Waals surface area contributed by atoms with E-state index in [0.29, 0.717) is 23.5 Å². The number of benzene rings is 1. The molecular formula is C12H16FNO3S. The fraction of sp³-hybridized carbons (Fsp3) is 0.417. The molecule has 3 N–H and O–H groups in total. The number of aliphatic carboxylic acids is 1. The van der Waals surface area contributed by atoms with E-state index in [1.54, 1.807) is 18.2 Å². The lowest BCUT2D eigenvalue weighted by molar-refractivity contribution is -0.138. The normalized spacial score (nSPS) is 12.2. The maximum atomic E-state index is 13.7. The van der Waals surface area contributed by atoms with E-state index >= 15 is 0 Å². The summed E-state index contributed by atoms with van der Waals surface area (Å²) in [6.07, 6.45) is 0.367. The average Bonchev–Trinajstić information content (AvgIpc) is 2.35. The van der Waals surface area contributed by atoms with Crippen LogP contribution in [-0.4, -0.2) is 30.0 Å². The van der Waals surface area contributed by atoms with Crippen molar-refractivity contribution in [3.8, 4) is 5.75 Å². The zero-order valence-corrected chi connectivity index (χ0v) is 10.9. The van der Waals surface area contributed by atoms with Crippen LogP contribution in [-0.2, 0) is 10.5 Å². The Bertz CT molecular complexity index is 414. The van der Waals surface area contributed by atoms with Crippen LogP contribution in [0.3, 0.4) is 0 Å². The standard InChI is InChI=1S/C12H16FNO3S/c1-17-10-4-2-3-8(11(10)13)7-18-6-5-9(14)12(15)16/h2-4,9H,5-7,14H2,1H3,(H,15,16). The van der Waals surface area contributed by atoms with Crippen molar-refractivity contribution in [2.75, 3.05) is 12.9 Å². The number of rotatable bonds is 7. The number of nitrogens with two attached hydrogens (primary N) is 1. The molecule has 0 fully saturated rings. The molecule has 4 nitrogen and oxygen atoms in total. The molecule has 0 bridgehead atoms. The lowest BCUT2D eigenvalue weighted by Gasteiger charge is -2.08. The Kier molecular flexibility index (Phi) is 5.94. The zero-order valence-electron chi connectivity index (χ0n) is 10.1. The Morgan fingerprint density at radius 2 is 2.33 bits per heavy atom. The second kappa shape index (κ2) is 7.23. The summed E-state index contributed by atoms with van der Waals surface area (Å²) in [6.45, 7) is 0. The zero-order chi connectivity index (χ0) is 13.5. The highest BCUT2D eigenvalue weighted by atomic mass is 32.2. The van der Waals surface area contributed by atoms with Crippen LogP contribution in [0.15, 0.2) is 18.2 Å². The molecule has 18 heavy (non-hydrogen) atoms. The molecule has 1 rings (SSSR count). The maximum Gasteiger partial charge on any atom is 0.320 e. The van der Waals surface area contributed by atoms with Crippen LogP contribution < -0.4 is 10.5 Å². The molecule has 1 aromatic carbocycles. The average molecular weight is 273 g/mol. The predicted molar refractivity (Wildman–Crippen MR) is 69.3 cm³/mol. The van der Waals surface area contributed by atoms with Crippen molar-refractivity contribution in [1.29, 1.82) is 0 Å². The van der Waals surface area contributed by atoms with Crippen LogP contribution in [0.4, 0.5) is 4.39 Å². The quantitative estimate of drug-likeness (QED) is 0.742. The van der Waals surface area contributed by atoms with Gasteiger partial charge in [-0.05, 0) is 18.2 Å². The van der Waals surface area contributed by atoms with E-state index in [-0.39, 0.29) is 11.6 Å². The summed E-state index contributed by atoms with van der Waals surface area (Å²) >= 11 is 1.45. The van der Waals surface area contributed by atoms with Gasteiger partial charge in [-0.1, -0.05) is 12.1 Å². The molecule has 0 heterocycles. The van der Waals surface area contributed by atoms with Gasteiger partial charge in [0.2, 0.25) is 0 Å². The first-order valence-corrected chi connectivity index (χ1v) is 6.59. The van der Waals surface area contributed by atoms with Crippen LogP contribution in [0.25, 0.3) is 0 Å². The van der Waals surface area contributed by atoms with Crippen molar-refractivity contribution in [1.82, 2.24) is 0 Å². The number of carbonyl (C=O) groups is 1. The first-order valence-electron chi connectivity index (χ1n) is 5.43. The van der Waals surface area contributed by atoms with E-state index in [1.165, 1.54) is 18.9 Å². The summed E-state index contributed by atoms with van der Waals surface area (Å²) in [5.74, 6) is -0.118. The highest BCUT2D eigenvalue weighted by Crippen LogP contribution is 2.23. The predicted octanol–water partition coefficient (Wildman–Crippen LogP) is 1.87. The van der Waals surface area contributed by atoms with Gasteiger partial charge >= 0.3 is 5.97 Å². The number of thioether (sulfide) groups is 1. The molecule has 0 aliphatic heterocycles. The van der Waals surface area contributed by atoms with Gasteiger partial charge in [0, 0.05) is 11.3 Å². The summed E-state index contributed by atoms with van der Waals surface area (Å²) in [4.78, 5) is 10.5. The Hall–Kier alpha value is -1.27. The molecule has 0 spiro atoms. The molecule has 0 aromatic heterocycles.